The molecule has 4 heteroatoms. The van der Waals surface area contributed by atoms with Gasteiger partial charge in [-0.25, -0.2) is 17.6 Å². The summed E-state index contributed by atoms with van der Waals surface area (Å²) >= 11 is 0. The SMILES string of the molecule is C/C=C/CCc1cc(F)c(CCc2ccc(C#Cc3ccc4cc(F)ccc4c3)c(F)c2)c(F)c1. The quantitative estimate of drug-likeness (QED) is 0.151. The van der Waals surface area contributed by atoms with Crippen molar-refractivity contribution in [2.45, 2.75) is 32.6 Å². The van der Waals surface area contributed by atoms with Crippen molar-refractivity contribution in [1.29, 1.82) is 0 Å². The van der Waals surface area contributed by atoms with Gasteiger partial charge in [0.1, 0.15) is 23.3 Å². The highest BCUT2D eigenvalue weighted by molar-refractivity contribution is 5.84. The summed E-state index contributed by atoms with van der Waals surface area (Å²) in [6, 6.07) is 17.3. The first-order valence-electron chi connectivity index (χ1n) is 11.5. The number of hydrogen-bond donors (Lipinski definition) is 0. The smallest absolute Gasteiger partial charge is 0.139 e. The van der Waals surface area contributed by atoms with Gasteiger partial charge in [0.15, 0.2) is 0 Å². The molecule has 0 heterocycles. The Balaban J connectivity index is 1.44. The van der Waals surface area contributed by atoms with E-state index in [0.29, 0.717) is 29.5 Å². The molecular formula is C31H24F4. The minimum atomic E-state index is -0.568. The molecule has 0 aromatic heterocycles. The van der Waals surface area contributed by atoms with Crippen molar-refractivity contribution in [3.8, 4) is 11.8 Å². The van der Waals surface area contributed by atoms with Crippen LogP contribution in [0.1, 0.15) is 41.2 Å². The molecule has 4 rings (SSSR count). The van der Waals surface area contributed by atoms with Gasteiger partial charge in [-0.15, -0.1) is 0 Å². The van der Waals surface area contributed by atoms with Gasteiger partial charge in [-0.1, -0.05) is 42.2 Å². The minimum Gasteiger partial charge on any atom is -0.207 e. The van der Waals surface area contributed by atoms with Crippen LogP contribution in [0.3, 0.4) is 0 Å². The van der Waals surface area contributed by atoms with E-state index in [2.05, 4.69) is 11.8 Å². The van der Waals surface area contributed by atoms with Crippen LogP contribution in [0.15, 0.2) is 78.9 Å². The van der Waals surface area contributed by atoms with Gasteiger partial charge < -0.3 is 0 Å². The number of benzene rings is 4. The van der Waals surface area contributed by atoms with Crippen LogP contribution in [-0.2, 0) is 19.3 Å². The molecule has 0 saturated carbocycles. The number of halogens is 4. The molecule has 0 aliphatic rings. The van der Waals surface area contributed by atoms with E-state index >= 15 is 0 Å². The maximum absolute atomic E-state index is 14.6. The molecule has 35 heavy (non-hydrogen) atoms. The third-order valence-electron chi connectivity index (χ3n) is 5.88. The Hall–Kier alpha value is -3.84. The third kappa shape index (κ3) is 6.19. The summed E-state index contributed by atoms with van der Waals surface area (Å²) in [6.07, 6.45) is 5.60. The lowest BCUT2D eigenvalue weighted by atomic mass is 9.99. The zero-order valence-electron chi connectivity index (χ0n) is 19.3. The lowest BCUT2D eigenvalue weighted by Gasteiger charge is -2.09. The van der Waals surface area contributed by atoms with Crippen LogP contribution in [0, 0.1) is 35.1 Å². The Morgan fingerprint density at radius 2 is 1.37 bits per heavy atom. The maximum Gasteiger partial charge on any atom is 0.139 e. The lowest BCUT2D eigenvalue weighted by Crippen LogP contribution is -2.01. The van der Waals surface area contributed by atoms with Crippen molar-refractivity contribution in [2.24, 2.45) is 0 Å². The Morgan fingerprint density at radius 3 is 2.11 bits per heavy atom. The molecular weight excluding hydrogens is 448 g/mol. The molecule has 0 aliphatic carbocycles. The van der Waals surface area contributed by atoms with E-state index < -0.39 is 17.5 Å². The van der Waals surface area contributed by atoms with E-state index in [-0.39, 0.29) is 23.4 Å². The van der Waals surface area contributed by atoms with E-state index in [1.165, 1.54) is 30.3 Å². The zero-order valence-corrected chi connectivity index (χ0v) is 19.3. The molecule has 0 nitrogen and oxygen atoms in total. The van der Waals surface area contributed by atoms with Gasteiger partial charge >= 0.3 is 0 Å². The van der Waals surface area contributed by atoms with E-state index in [1.54, 1.807) is 30.3 Å². The van der Waals surface area contributed by atoms with Crippen LogP contribution in [-0.4, -0.2) is 0 Å². The highest BCUT2D eigenvalue weighted by Gasteiger charge is 2.12. The van der Waals surface area contributed by atoms with Crippen LogP contribution in [0.25, 0.3) is 10.8 Å². The Morgan fingerprint density at radius 1 is 0.657 bits per heavy atom. The molecule has 4 aromatic rings. The highest BCUT2D eigenvalue weighted by Crippen LogP contribution is 2.21. The fourth-order valence-electron chi connectivity index (χ4n) is 3.97. The van der Waals surface area contributed by atoms with Gasteiger partial charge in [0, 0.05) is 11.1 Å². The number of hydrogen-bond acceptors (Lipinski definition) is 0. The summed E-state index contributed by atoms with van der Waals surface area (Å²) in [5.41, 5.74) is 2.19. The van der Waals surface area contributed by atoms with E-state index in [4.69, 9.17) is 0 Å². The van der Waals surface area contributed by atoms with Crippen molar-refractivity contribution in [1.82, 2.24) is 0 Å². The molecule has 4 aromatic carbocycles. The van der Waals surface area contributed by atoms with Gasteiger partial charge in [0.25, 0.3) is 0 Å². The summed E-state index contributed by atoms with van der Waals surface area (Å²) in [7, 11) is 0. The summed E-state index contributed by atoms with van der Waals surface area (Å²) < 4.78 is 56.9. The predicted octanol–water partition coefficient (Wildman–Crippen LogP) is 8.09. The molecule has 0 saturated heterocycles. The maximum atomic E-state index is 14.6. The van der Waals surface area contributed by atoms with E-state index in [1.807, 2.05) is 25.1 Å². The Kier molecular flexibility index (Phi) is 7.67. The number of fused-ring (bicyclic) bond motifs is 1. The van der Waals surface area contributed by atoms with Crippen LogP contribution >= 0.6 is 0 Å². The highest BCUT2D eigenvalue weighted by atomic mass is 19.1. The Bertz CT molecular complexity index is 1430. The van der Waals surface area contributed by atoms with E-state index in [9.17, 15) is 17.6 Å². The van der Waals surface area contributed by atoms with Crippen LogP contribution in [0.5, 0.6) is 0 Å². The molecule has 0 fully saturated rings. The van der Waals surface area contributed by atoms with Gasteiger partial charge in [-0.2, -0.15) is 0 Å². The minimum absolute atomic E-state index is 0.0141. The monoisotopic (exact) mass is 472 g/mol. The second-order valence-corrected chi connectivity index (χ2v) is 8.42. The lowest BCUT2D eigenvalue weighted by molar-refractivity contribution is 0.551. The largest absolute Gasteiger partial charge is 0.207 e. The molecule has 0 spiro atoms. The van der Waals surface area contributed by atoms with Crippen LogP contribution < -0.4 is 0 Å². The van der Waals surface area contributed by atoms with Crippen molar-refractivity contribution in [3.05, 3.63) is 130 Å². The first-order valence-corrected chi connectivity index (χ1v) is 11.5. The van der Waals surface area contributed by atoms with Gasteiger partial charge in [0.05, 0.1) is 5.56 Å². The van der Waals surface area contributed by atoms with Crippen LogP contribution in [0.4, 0.5) is 17.6 Å². The topological polar surface area (TPSA) is 0 Å². The molecule has 0 radical (unpaired) electrons. The van der Waals surface area contributed by atoms with Gasteiger partial charge in [0.2, 0.25) is 0 Å². The molecule has 0 atom stereocenters. The first-order chi connectivity index (χ1) is 16.9. The average molecular weight is 473 g/mol. The second kappa shape index (κ2) is 11.1. The molecule has 0 aliphatic heterocycles. The van der Waals surface area contributed by atoms with Crippen LogP contribution in [0.2, 0.25) is 0 Å². The normalized spacial score (nSPS) is 11.1. The molecule has 0 N–H and O–H groups in total. The van der Waals surface area contributed by atoms with Crippen molar-refractivity contribution in [2.75, 3.05) is 0 Å². The predicted molar refractivity (Wildman–Crippen MR) is 133 cm³/mol. The number of aryl methyl sites for hydroxylation is 2. The average Bonchev–Trinajstić information content (AvgIpc) is 2.83. The molecule has 0 bridgehead atoms. The van der Waals surface area contributed by atoms with E-state index in [0.717, 1.165) is 17.2 Å². The zero-order chi connectivity index (χ0) is 24.8. The van der Waals surface area contributed by atoms with Gasteiger partial charge in [-0.3, -0.25) is 0 Å². The van der Waals surface area contributed by atoms with Gasteiger partial charge in [-0.05, 0) is 103 Å². The molecule has 0 unspecified atom stereocenters. The summed E-state index contributed by atoms with van der Waals surface area (Å²) in [5, 5.41) is 1.61. The van der Waals surface area contributed by atoms with Crippen molar-refractivity contribution >= 4 is 10.8 Å². The molecule has 176 valence electrons. The standard InChI is InChI=1S/C31H24F4/c1-2-3-4-5-23-18-30(34)28(31(35)19-23)15-9-22-7-11-24(29(33)17-22)10-6-21-8-12-26-20-27(32)14-13-25(26)16-21/h2-3,7-8,11-14,16-20H,4-5,9,15H2,1H3/b3-2+. The summed E-state index contributed by atoms with van der Waals surface area (Å²) in [4.78, 5) is 0. The third-order valence-corrected chi connectivity index (χ3v) is 5.88. The Labute approximate surface area is 202 Å². The van der Waals surface area contributed by atoms with Crippen molar-refractivity contribution < 1.29 is 17.6 Å². The fourth-order valence-corrected chi connectivity index (χ4v) is 3.97. The summed E-state index contributed by atoms with van der Waals surface area (Å²) in [5.74, 6) is 3.84. The second-order valence-electron chi connectivity index (χ2n) is 8.42. The fraction of sp³-hybridized carbons (Fsp3) is 0.161. The van der Waals surface area contributed by atoms with Crippen molar-refractivity contribution in [3.63, 3.8) is 0 Å². The first kappa shape index (κ1) is 24.3. The number of allylic oxidation sites excluding steroid dienone is 2. The number of rotatable bonds is 6. The molecule has 0 amide bonds. The summed E-state index contributed by atoms with van der Waals surface area (Å²) in [6.45, 7) is 1.90.